The van der Waals surface area contributed by atoms with Gasteiger partial charge in [0.2, 0.25) is 0 Å². The Hall–Kier alpha value is -0.930. The number of ether oxygens (including phenoxy) is 1. The molecule has 1 aromatic rings. The summed E-state index contributed by atoms with van der Waals surface area (Å²) in [5.41, 5.74) is 6.90. The molecule has 100 valence electrons. The predicted molar refractivity (Wildman–Crippen MR) is 70.8 cm³/mol. The van der Waals surface area contributed by atoms with Crippen LogP contribution in [-0.2, 0) is 10.3 Å². The van der Waals surface area contributed by atoms with E-state index in [1.54, 1.807) is 12.1 Å². The Kier molecular flexibility index (Phi) is 4.36. The molecule has 0 amide bonds. The van der Waals surface area contributed by atoms with Crippen molar-refractivity contribution in [2.45, 2.75) is 50.7 Å². The summed E-state index contributed by atoms with van der Waals surface area (Å²) in [6.07, 6.45) is 5.23. The standard InChI is InChI=1S/C15H22FNO/c1-2-15(17,9-8-14-7-4-10-18-14)12-5-3-6-13(16)11-12/h3,5-6,11,14H,2,4,7-10,17H2,1H3. The third-order valence-electron chi connectivity index (χ3n) is 3.97. The maximum atomic E-state index is 13.3. The highest BCUT2D eigenvalue weighted by Crippen LogP contribution is 2.30. The second kappa shape index (κ2) is 5.81. The first-order chi connectivity index (χ1) is 8.64. The fraction of sp³-hybridized carbons (Fsp3) is 0.600. The molecule has 1 fully saturated rings. The summed E-state index contributed by atoms with van der Waals surface area (Å²) in [7, 11) is 0. The molecular formula is C15H22FNO. The Morgan fingerprint density at radius 1 is 1.50 bits per heavy atom. The summed E-state index contributed by atoms with van der Waals surface area (Å²) in [5, 5.41) is 0. The number of halogens is 1. The molecule has 2 atom stereocenters. The number of benzene rings is 1. The van der Waals surface area contributed by atoms with Crippen molar-refractivity contribution in [1.82, 2.24) is 0 Å². The highest BCUT2D eigenvalue weighted by molar-refractivity contribution is 5.24. The summed E-state index contributed by atoms with van der Waals surface area (Å²) >= 11 is 0. The number of rotatable bonds is 5. The van der Waals surface area contributed by atoms with Gasteiger partial charge in [0.05, 0.1) is 6.10 Å². The van der Waals surface area contributed by atoms with Crippen LogP contribution in [-0.4, -0.2) is 12.7 Å². The van der Waals surface area contributed by atoms with Gasteiger partial charge in [-0.25, -0.2) is 4.39 Å². The van der Waals surface area contributed by atoms with E-state index in [-0.39, 0.29) is 5.82 Å². The molecule has 0 aromatic heterocycles. The lowest BCUT2D eigenvalue weighted by Gasteiger charge is -2.30. The van der Waals surface area contributed by atoms with Crippen LogP contribution in [0, 0.1) is 5.82 Å². The number of nitrogens with two attached hydrogens (primary N) is 1. The van der Waals surface area contributed by atoms with Crippen molar-refractivity contribution in [2.24, 2.45) is 5.73 Å². The highest BCUT2D eigenvalue weighted by atomic mass is 19.1. The van der Waals surface area contributed by atoms with Crippen molar-refractivity contribution in [3.63, 3.8) is 0 Å². The van der Waals surface area contributed by atoms with Gasteiger partial charge in [-0.3, -0.25) is 0 Å². The van der Waals surface area contributed by atoms with Crippen molar-refractivity contribution in [3.8, 4) is 0 Å². The van der Waals surface area contributed by atoms with Gasteiger partial charge in [0, 0.05) is 12.1 Å². The van der Waals surface area contributed by atoms with Crippen LogP contribution in [0.2, 0.25) is 0 Å². The largest absolute Gasteiger partial charge is 0.378 e. The van der Waals surface area contributed by atoms with E-state index >= 15 is 0 Å². The molecule has 2 rings (SSSR count). The second-order valence-corrected chi connectivity index (χ2v) is 5.19. The topological polar surface area (TPSA) is 35.2 Å². The second-order valence-electron chi connectivity index (χ2n) is 5.19. The summed E-state index contributed by atoms with van der Waals surface area (Å²) < 4.78 is 18.9. The summed E-state index contributed by atoms with van der Waals surface area (Å²) in [4.78, 5) is 0. The van der Waals surface area contributed by atoms with Gasteiger partial charge in [0.1, 0.15) is 5.82 Å². The van der Waals surface area contributed by atoms with Gasteiger partial charge in [0.25, 0.3) is 0 Å². The van der Waals surface area contributed by atoms with Gasteiger partial charge >= 0.3 is 0 Å². The SMILES string of the molecule is CCC(N)(CCC1CCCO1)c1cccc(F)c1. The lowest BCUT2D eigenvalue weighted by atomic mass is 9.83. The molecule has 0 radical (unpaired) electrons. The van der Waals surface area contributed by atoms with Crippen LogP contribution in [0.3, 0.4) is 0 Å². The predicted octanol–water partition coefficient (Wildman–Crippen LogP) is 3.35. The van der Waals surface area contributed by atoms with Crippen LogP contribution in [0.1, 0.15) is 44.6 Å². The molecule has 18 heavy (non-hydrogen) atoms. The van der Waals surface area contributed by atoms with Crippen LogP contribution in [0.4, 0.5) is 4.39 Å². The zero-order chi connectivity index (χ0) is 13.0. The van der Waals surface area contributed by atoms with Crippen molar-refractivity contribution >= 4 is 0 Å². The van der Waals surface area contributed by atoms with Crippen molar-refractivity contribution in [3.05, 3.63) is 35.6 Å². The van der Waals surface area contributed by atoms with Gasteiger partial charge in [-0.15, -0.1) is 0 Å². The zero-order valence-electron chi connectivity index (χ0n) is 11.0. The summed E-state index contributed by atoms with van der Waals surface area (Å²) in [6, 6.07) is 6.66. The lowest BCUT2D eigenvalue weighted by molar-refractivity contribution is 0.0953. The van der Waals surface area contributed by atoms with Gasteiger partial charge < -0.3 is 10.5 Å². The molecule has 3 heteroatoms. The smallest absolute Gasteiger partial charge is 0.123 e. The molecule has 0 aliphatic carbocycles. The fourth-order valence-electron chi connectivity index (χ4n) is 2.61. The van der Waals surface area contributed by atoms with Gasteiger partial charge in [-0.1, -0.05) is 19.1 Å². The van der Waals surface area contributed by atoms with E-state index in [1.165, 1.54) is 6.07 Å². The van der Waals surface area contributed by atoms with E-state index in [0.717, 1.165) is 44.3 Å². The Morgan fingerprint density at radius 3 is 2.94 bits per heavy atom. The molecule has 0 saturated carbocycles. The minimum atomic E-state index is -0.436. The third-order valence-corrected chi connectivity index (χ3v) is 3.97. The first-order valence-corrected chi connectivity index (χ1v) is 6.80. The van der Waals surface area contributed by atoms with E-state index in [1.807, 2.05) is 6.07 Å². The van der Waals surface area contributed by atoms with Crippen LogP contribution < -0.4 is 5.73 Å². The van der Waals surface area contributed by atoms with Crippen LogP contribution >= 0.6 is 0 Å². The first-order valence-electron chi connectivity index (χ1n) is 6.80. The van der Waals surface area contributed by atoms with Gasteiger partial charge in [0.15, 0.2) is 0 Å². The van der Waals surface area contributed by atoms with Crippen LogP contribution in [0.15, 0.2) is 24.3 Å². The third kappa shape index (κ3) is 3.09. The molecular weight excluding hydrogens is 229 g/mol. The van der Waals surface area contributed by atoms with E-state index in [9.17, 15) is 4.39 Å². The average Bonchev–Trinajstić information content (AvgIpc) is 2.89. The zero-order valence-corrected chi connectivity index (χ0v) is 11.0. The number of hydrogen-bond acceptors (Lipinski definition) is 2. The molecule has 1 saturated heterocycles. The van der Waals surface area contributed by atoms with Gasteiger partial charge in [-0.05, 0) is 49.8 Å². The molecule has 0 bridgehead atoms. The molecule has 1 aliphatic rings. The van der Waals surface area contributed by atoms with Crippen molar-refractivity contribution in [2.75, 3.05) is 6.61 Å². The molecule has 1 aliphatic heterocycles. The van der Waals surface area contributed by atoms with E-state index in [4.69, 9.17) is 10.5 Å². The normalized spacial score (nSPS) is 22.9. The first kappa shape index (κ1) is 13.5. The monoisotopic (exact) mass is 251 g/mol. The molecule has 1 aromatic carbocycles. The Bertz CT molecular complexity index is 390. The van der Waals surface area contributed by atoms with Crippen LogP contribution in [0.5, 0.6) is 0 Å². The average molecular weight is 251 g/mol. The molecule has 2 N–H and O–H groups in total. The highest BCUT2D eigenvalue weighted by Gasteiger charge is 2.27. The Morgan fingerprint density at radius 2 is 2.33 bits per heavy atom. The molecule has 2 nitrogen and oxygen atoms in total. The minimum Gasteiger partial charge on any atom is -0.378 e. The van der Waals surface area contributed by atoms with E-state index in [0.29, 0.717) is 6.10 Å². The quantitative estimate of drug-likeness (QED) is 0.871. The summed E-state index contributed by atoms with van der Waals surface area (Å²) in [5.74, 6) is -0.215. The van der Waals surface area contributed by atoms with Crippen molar-refractivity contribution < 1.29 is 9.13 Å². The Labute approximate surface area is 108 Å². The molecule has 2 unspecified atom stereocenters. The number of hydrogen-bond donors (Lipinski definition) is 1. The van der Waals surface area contributed by atoms with Gasteiger partial charge in [-0.2, -0.15) is 0 Å². The van der Waals surface area contributed by atoms with E-state index in [2.05, 4.69) is 6.92 Å². The lowest BCUT2D eigenvalue weighted by Crippen LogP contribution is -2.37. The minimum absolute atomic E-state index is 0.215. The fourth-order valence-corrected chi connectivity index (χ4v) is 2.61. The van der Waals surface area contributed by atoms with Crippen LogP contribution in [0.25, 0.3) is 0 Å². The summed E-state index contributed by atoms with van der Waals surface area (Å²) in [6.45, 7) is 2.93. The maximum Gasteiger partial charge on any atom is 0.123 e. The van der Waals surface area contributed by atoms with Crippen molar-refractivity contribution in [1.29, 1.82) is 0 Å². The molecule has 0 spiro atoms. The maximum absolute atomic E-state index is 13.3. The Balaban J connectivity index is 2.04. The molecule has 1 heterocycles. The van der Waals surface area contributed by atoms with E-state index < -0.39 is 5.54 Å².